The van der Waals surface area contributed by atoms with Crippen molar-refractivity contribution in [2.75, 3.05) is 19.8 Å². The van der Waals surface area contributed by atoms with Crippen molar-refractivity contribution >= 4 is 18.3 Å². The van der Waals surface area contributed by atoms with E-state index < -0.39 is 6.04 Å². The van der Waals surface area contributed by atoms with Crippen LogP contribution in [-0.4, -0.2) is 36.6 Å². The van der Waals surface area contributed by atoms with Gasteiger partial charge in [-0.3, -0.25) is 4.79 Å². The van der Waals surface area contributed by atoms with Crippen LogP contribution >= 0.6 is 12.4 Å². The zero-order valence-corrected chi connectivity index (χ0v) is 14.3. The molecule has 2 aliphatic heterocycles. The molecule has 2 atom stereocenters. The highest BCUT2D eigenvalue weighted by Gasteiger charge is 2.35. The van der Waals surface area contributed by atoms with Crippen LogP contribution in [0.4, 0.5) is 0 Å². The molecule has 1 fully saturated rings. The Balaban J connectivity index is 0.00000192. The second kappa shape index (κ2) is 7.88. The number of likely N-dealkylation sites (tertiary alicyclic amines) is 1. The van der Waals surface area contributed by atoms with E-state index in [1.807, 2.05) is 30.0 Å². The van der Waals surface area contributed by atoms with Crippen molar-refractivity contribution < 1.29 is 14.3 Å². The zero-order valence-electron chi connectivity index (χ0n) is 13.5. The number of nitrogens with two attached hydrogens (primary N) is 1. The molecule has 0 spiro atoms. The van der Waals surface area contributed by atoms with Crippen molar-refractivity contribution in [1.82, 2.24) is 4.90 Å². The van der Waals surface area contributed by atoms with E-state index in [2.05, 4.69) is 0 Å². The molecule has 23 heavy (non-hydrogen) atoms. The predicted octanol–water partition coefficient (Wildman–Crippen LogP) is 2.67. The highest BCUT2D eigenvalue weighted by molar-refractivity contribution is 5.85. The largest absolute Gasteiger partial charge is 0.486 e. The van der Waals surface area contributed by atoms with E-state index >= 15 is 0 Å². The predicted molar refractivity (Wildman–Crippen MR) is 91.3 cm³/mol. The third-order valence-electron chi connectivity index (χ3n) is 4.41. The Hall–Kier alpha value is -1.46. The van der Waals surface area contributed by atoms with E-state index in [0.717, 1.165) is 49.3 Å². The van der Waals surface area contributed by atoms with Crippen LogP contribution in [-0.2, 0) is 4.79 Å². The number of fused-ring (bicyclic) bond motifs is 1. The molecule has 2 heterocycles. The average Bonchev–Trinajstić information content (AvgIpc) is 3.03. The van der Waals surface area contributed by atoms with Crippen LogP contribution in [0.5, 0.6) is 11.5 Å². The summed E-state index contributed by atoms with van der Waals surface area (Å²) in [6, 6.07) is 5.57. The summed E-state index contributed by atoms with van der Waals surface area (Å²) in [6.45, 7) is 3.95. The van der Waals surface area contributed by atoms with E-state index in [1.165, 1.54) is 0 Å². The van der Waals surface area contributed by atoms with Gasteiger partial charge in [-0.15, -0.1) is 12.4 Å². The molecule has 1 aromatic rings. The van der Waals surface area contributed by atoms with Gasteiger partial charge in [-0.25, -0.2) is 0 Å². The van der Waals surface area contributed by atoms with Gasteiger partial charge in [0.15, 0.2) is 11.5 Å². The highest BCUT2D eigenvalue weighted by atomic mass is 35.5. The number of para-hydroxylation sites is 1. The Labute approximate surface area is 143 Å². The number of carbonyl (C=O) groups excluding carboxylic acids is 1. The van der Waals surface area contributed by atoms with Gasteiger partial charge in [0.05, 0.1) is 12.1 Å². The van der Waals surface area contributed by atoms with Crippen molar-refractivity contribution in [3.63, 3.8) is 0 Å². The molecule has 128 valence electrons. The fourth-order valence-electron chi connectivity index (χ4n) is 3.36. The summed E-state index contributed by atoms with van der Waals surface area (Å²) in [5.41, 5.74) is 7.09. The number of amides is 1. The summed E-state index contributed by atoms with van der Waals surface area (Å²) >= 11 is 0. The normalized spacial score (nSPS) is 20.8. The minimum absolute atomic E-state index is 0. The lowest BCUT2D eigenvalue weighted by molar-refractivity contribution is -0.133. The molecule has 0 radical (unpaired) electrons. The lowest BCUT2D eigenvalue weighted by Crippen LogP contribution is -2.43. The lowest BCUT2D eigenvalue weighted by atomic mass is 10.0. The number of halogens is 1. The molecule has 0 bridgehead atoms. The number of nitrogens with zero attached hydrogens (tertiary/aromatic N) is 1. The summed E-state index contributed by atoms with van der Waals surface area (Å²) in [7, 11) is 0. The second-order valence-corrected chi connectivity index (χ2v) is 5.96. The van der Waals surface area contributed by atoms with E-state index in [-0.39, 0.29) is 24.4 Å². The SMILES string of the molecule is CCCC(N)C(=O)N1CCCC1c1cccc2c1OCCO2.Cl. The van der Waals surface area contributed by atoms with Gasteiger partial charge in [-0.05, 0) is 25.3 Å². The zero-order chi connectivity index (χ0) is 15.5. The van der Waals surface area contributed by atoms with Crippen molar-refractivity contribution in [2.24, 2.45) is 5.73 Å². The molecule has 2 aliphatic rings. The van der Waals surface area contributed by atoms with Crippen molar-refractivity contribution in [1.29, 1.82) is 0 Å². The summed E-state index contributed by atoms with van der Waals surface area (Å²) in [5, 5.41) is 0. The number of benzene rings is 1. The van der Waals surface area contributed by atoms with Gasteiger partial charge in [0.25, 0.3) is 0 Å². The molecule has 6 heteroatoms. The Bertz CT molecular complexity index is 553. The topological polar surface area (TPSA) is 64.8 Å². The quantitative estimate of drug-likeness (QED) is 0.915. The van der Waals surface area contributed by atoms with Crippen molar-refractivity contribution in [2.45, 2.75) is 44.7 Å². The monoisotopic (exact) mass is 340 g/mol. The maximum absolute atomic E-state index is 12.6. The first-order chi connectivity index (χ1) is 10.7. The van der Waals surface area contributed by atoms with Crippen molar-refractivity contribution in [3.8, 4) is 11.5 Å². The Morgan fingerprint density at radius 3 is 2.96 bits per heavy atom. The van der Waals surface area contributed by atoms with E-state index in [9.17, 15) is 4.79 Å². The Morgan fingerprint density at radius 1 is 1.39 bits per heavy atom. The summed E-state index contributed by atoms with van der Waals surface area (Å²) in [6.07, 6.45) is 3.60. The summed E-state index contributed by atoms with van der Waals surface area (Å²) < 4.78 is 11.5. The van der Waals surface area contributed by atoms with Crippen LogP contribution in [0.1, 0.15) is 44.2 Å². The molecular formula is C17H25ClN2O3. The van der Waals surface area contributed by atoms with Gasteiger partial charge in [0.2, 0.25) is 5.91 Å². The molecule has 2 N–H and O–H groups in total. The lowest BCUT2D eigenvalue weighted by Gasteiger charge is -2.30. The highest BCUT2D eigenvalue weighted by Crippen LogP contribution is 2.42. The third-order valence-corrected chi connectivity index (χ3v) is 4.41. The van der Waals surface area contributed by atoms with Crippen LogP contribution in [0.15, 0.2) is 18.2 Å². The maximum Gasteiger partial charge on any atom is 0.239 e. The summed E-state index contributed by atoms with van der Waals surface area (Å²) in [4.78, 5) is 14.5. The first-order valence-electron chi connectivity index (χ1n) is 8.17. The molecule has 0 aromatic heterocycles. The molecule has 3 rings (SSSR count). The first kappa shape index (κ1) is 17.9. The van der Waals surface area contributed by atoms with E-state index in [0.29, 0.717) is 13.2 Å². The van der Waals surface area contributed by atoms with Crippen molar-refractivity contribution in [3.05, 3.63) is 23.8 Å². The van der Waals surface area contributed by atoms with Gasteiger partial charge >= 0.3 is 0 Å². The third kappa shape index (κ3) is 3.56. The number of rotatable bonds is 4. The summed E-state index contributed by atoms with van der Waals surface area (Å²) in [5.74, 6) is 1.63. The van der Waals surface area contributed by atoms with Crippen LogP contribution < -0.4 is 15.2 Å². The molecule has 5 nitrogen and oxygen atoms in total. The Kier molecular flexibility index (Phi) is 6.13. The van der Waals surface area contributed by atoms with Gasteiger partial charge in [0.1, 0.15) is 13.2 Å². The second-order valence-electron chi connectivity index (χ2n) is 5.96. The molecule has 0 saturated carbocycles. The molecule has 2 unspecified atom stereocenters. The Morgan fingerprint density at radius 2 is 2.17 bits per heavy atom. The van der Waals surface area contributed by atoms with Crippen LogP contribution in [0.2, 0.25) is 0 Å². The fourth-order valence-corrected chi connectivity index (χ4v) is 3.36. The van der Waals surface area contributed by atoms with Gasteiger partial charge in [-0.1, -0.05) is 25.5 Å². The average molecular weight is 341 g/mol. The van der Waals surface area contributed by atoms with Crippen LogP contribution in [0.25, 0.3) is 0 Å². The van der Waals surface area contributed by atoms with E-state index in [4.69, 9.17) is 15.2 Å². The maximum atomic E-state index is 12.6. The number of hydrogen-bond donors (Lipinski definition) is 1. The smallest absolute Gasteiger partial charge is 0.239 e. The molecular weight excluding hydrogens is 316 g/mol. The van der Waals surface area contributed by atoms with Crippen LogP contribution in [0.3, 0.4) is 0 Å². The van der Waals surface area contributed by atoms with E-state index in [1.54, 1.807) is 0 Å². The minimum atomic E-state index is -0.401. The van der Waals surface area contributed by atoms with Gasteiger partial charge < -0.3 is 20.1 Å². The number of hydrogen-bond acceptors (Lipinski definition) is 4. The van der Waals surface area contributed by atoms with Gasteiger partial charge in [-0.2, -0.15) is 0 Å². The van der Waals surface area contributed by atoms with Gasteiger partial charge in [0, 0.05) is 12.1 Å². The number of ether oxygens (including phenoxy) is 2. The standard InChI is InChI=1S/C17H24N2O3.ClH/c1-2-5-13(18)17(20)19-9-4-7-14(19)12-6-3-8-15-16(12)22-11-10-21-15;/h3,6,8,13-14H,2,4-5,7,9-11,18H2,1H3;1H. The number of carbonyl (C=O) groups is 1. The first-order valence-corrected chi connectivity index (χ1v) is 8.17. The minimum Gasteiger partial charge on any atom is -0.486 e. The molecule has 0 aliphatic carbocycles. The molecule has 1 aromatic carbocycles. The van der Waals surface area contributed by atoms with Crippen LogP contribution in [0, 0.1) is 0 Å². The fraction of sp³-hybridized carbons (Fsp3) is 0.588. The molecule has 1 saturated heterocycles. The molecule has 1 amide bonds.